The van der Waals surface area contributed by atoms with E-state index in [1.54, 1.807) is 21.3 Å². The van der Waals surface area contributed by atoms with E-state index >= 15 is 0 Å². The largest absolute Gasteiger partial charge is 0.497 e. The second-order valence-electron chi connectivity index (χ2n) is 9.55. The normalized spacial score (nSPS) is 10.9. The molecule has 0 aliphatic heterocycles. The summed E-state index contributed by atoms with van der Waals surface area (Å²) in [6.45, 7) is 0.517. The zero-order chi connectivity index (χ0) is 28.8. The van der Waals surface area contributed by atoms with Gasteiger partial charge in [-0.3, -0.25) is 4.79 Å². The fourth-order valence-corrected chi connectivity index (χ4v) is 5.11. The van der Waals surface area contributed by atoms with Crippen molar-refractivity contribution in [1.82, 2.24) is 14.7 Å². The highest BCUT2D eigenvalue weighted by atomic mass is 35.5. The van der Waals surface area contributed by atoms with E-state index < -0.39 is 0 Å². The molecule has 0 aliphatic carbocycles. The average molecular weight is 570 g/mol. The van der Waals surface area contributed by atoms with Crippen molar-refractivity contribution in [3.63, 3.8) is 0 Å². The fraction of sp³-hybridized carbons (Fsp3) is 0.212. The van der Waals surface area contributed by atoms with Crippen LogP contribution < -0.4 is 19.5 Å². The number of nitrogens with zero attached hydrogens (tertiary/aromatic N) is 2. The molecule has 0 saturated carbocycles. The first kappa shape index (κ1) is 28.1. The lowest BCUT2D eigenvalue weighted by molar-refractivity contribution is -0.121. The first-order valence-electron chi connectivity index (χ1n) is 13.4. The Kier molecular flexibility index (Phi) is 8.75. The average Bonchev–Trinajstić information content (AvgIpc) is 3.37. The highest BCUT2D eigenvalue weighted by molar-refractivity contribution is 6.33. The fourth-order valence-electron chi connectivity index (χ4n) is 4.87. The van der Waals surface area contributed by atoms with Crippen molar-refractivity contribution in [2.75, 3.05) is 27.9 Å². The Balaban J connectivity index is 1.36. The molecule has 3 aromatic carbocycles. The zero-order valence-corrected chi connectivity index (χ0v) is 24.1. The van der Waals surface area contributed by atoms with Crippen molar-refractivity contribution in [2.24, 2.45) is 0 Å². The third-order valence-corrected chi connectivity index (χ3v) is 7.37. The van der Waals surface area contributed by atoms with Crippen molar-refractivity contribution >= 4 is 23.2 Å². The van der Waals surface area contributed by atoms with Gasteiger partial charge in [-0.2, -0.15) is 0 Å². The Morgan fingerprint density at radius 3 is 2.34 bits per heavy atom. The number of hydrogen-bond donors (Lipinski definition) is 1. The molecule has 0 aliphatic rings. The van der Waals surface area contributed by atoms with Crippen LogP contribution in [0.5, 0.6) is 17.2 Å². The van der Waals surface area contributed by atoms with Crippen LogP contribution in [-0.4, -0.2) is 43.2 Å². The number of aryl methyl sites for hydroxylation is 1. The Hall–Kier alpha value is -4.49. The number of amides is 1. The van der Waals surface area contributed by atoms with Crippen LogP contribution in [-0.2, 0) is 17.6 Å². The molecule has 0 atom stereocenters. The van der Waals surface area contributed by atoms with Gasteiger partial charge < -0.3 is 23.9 Å². The zero-order valence-electron chi connectivity index (χ0n) is 23.3. The van der Waals surface area contributed by atoms with E-state index in [0.29, 0.717) is 42.3 Å². The predicted octanol–water partition coefficient (Wildman–Crippen LogP) is 6.64. The van der Waals surface area contributed by atoms with E-state index in [-0.39, 0.29) is 5.91 Å². The van der Waals surface area contributed by atoms with E-state index in [2.05, 4.69) is 9.72 Å². The number of methoxy groups -OCH3 is 3. The molecular weight excluding hydrogens is 538 g/mol. The molecule has 1 N–H and O–H groups in total. The minimum atomic E-state index is -0.0247. The molecule has 2 aromatic heterocycles. The van der Waals surface area contributed by atoms with Crippen LogP contribution in [0.15, 0.2) is 85.1 Å². The maximum Gasteiger partial charge on any atom is 0.220 e. The van der Waals surface area contributed by atoms with Gasteiger partial charge in [0.25, 0.3) is 0 Å². The van der Waals surface area contributed by atoms with Gasteiger partial charge in [0, 0.05) is 35.3 Å². The quantitative estimate of drug-likeness (QED) is 0.193. The third kappa shape index (κ3) is 6.31. The second-order valence-corrected chi connectivity index (χ2v) is 9.96. The van der Waals surface area contributed by atoms with Gasteiger partial charge in [0.2, 0.25) is 5.91 Å². The summed E-state index contributed by atoms with van der Waals surface area (Å²) in [5, 5.41) is 3.73. The van der Waals surface area contributed by atoms with Crippen LogP contribution in [0.2, 0.25) is 5.02 Å². The van der Waals surface area contributed by atoms with E-state index in [4.69, 9.17) is 30.8 Å². The monoisotopic (exact) mass is 569 g/mol. The number of carbonyl (C=O) groups excluding carboxylic acids is 1. The van der Waals surface area contributed by atoms with E-state index in [1.807, 2.05) is 85.1 Å². The molecule has 7 nitrogen and oxygen atoms in total. The summed E-state index contributed by atoms with van der Waals surface area (Å²) in [6.07, 6.45) is 3.55. The standard InChI is InChI=1S/C33H32ClN3O4/c1-39-25-12-9-23(10-13-25)33-28(37-21-24(11-16-31(37)36-33)26-6-4-5-7-27(26)34)14-17-32(38)35-19-18-22-8-15-29(40-2)30(20-22)41-3/h4-13,15-16,20-21H,14,17-19H2,1-3H3,(H,35,38). The summed E-state index contributed by atoms with van der Waals surface area (Å²) in [4.78, 5) is 17.9. The molecule has 0 unspecified atom stereocenters. The minimum absolute atomic E-state index is 0.0247. The molecule has 8 heteroatoms. The Morgan fingerprint density at radius 2 is 1.61 bits per heavy atom. The maximum atomic E-state index is 12.9. The lowest BCUT2D eigenvalue weighted by atomic mass is 10.1. The molecule has 2 heterocycles. The molecular formula is C33H32ClN3O4. The van der Waals surface area contributed by atoms with Gasteiger partial charge in [-0.05, 0) is 78.6 Å². The van der Waals surface area contributed by atoms with Crippen LogP contribution in [0, 0.1) is 0 Å². The van der Waals surface area contributed by atoms with Gasteiger partial charge >= 0.3 is 0 Å². The van der Waals surface area contributed by atoms with Gasteiger partial charge in [0.15, 0.2) is 11.5 Å². The summed E-state index contributed by atoms with van der Waals surface area (Å²) in [7, 11) is 4.87. The number of imidazole rings is 1. The van der Waals surface area contributed by atoms with Gasteiger partial charge in [0.05, 0.1) is 32.7 Å². The summed E-state index contributed by atoms with van der Waals surface area (Å²) < 4.78 is 18.1. The highest BCUT2D eigenvalue weighted by Crippen LogP contribution is 2.32. The van der Waals surface area contributed by atoms with Crippen LogP contribution in [0.4, 0.5) is 0 Å². The Bertz CT molecular complexity index is 1660. The molecule has 0 saturated heterocycles. The Labute approximate surface area is 244 Å². The molecule has 210 valence electrons. The van der Waals surface area contributed by atoms with Crippen molar-refractivity contribution in [3.05, 3.63) is 101 Å². The molecule has 0 radical (unpaired) electrons. The molecule has 41 heavy (non-hydrogen) atoms. The molecule has 0 bridgehead atoms. The van der Waals surface area contributed by atoms with Gasteiger partial charge in [-0.1, -0.05) is 35.9 Å². The molecule has 1 amide bonds. The number of fused-ring (bicyclic) bond motifs is 1. The van der Waals surface area contributed by atoms with Crippen LogP contribution in [0.25, 0.3) is 28.0 Å². The number of ether oxygens (including phenoxy) is 3. The third-order valence-electron chi connectivity index (χ3n) is 7.04. The number of carbonyl (C=O) groups is 1. The number of aromatic nitrogens is 2. The molecule has 5 aromatic rings. The number of hydrogen-bond acceptors (Lipinski definition) is 5. The van der Waals surface area contributed by atoms with Crippen molar-refractivity contribution in [2.45, 2.75) is 19.3 Å². The topological polar surface area (TPSA) is 74.1 Å². The van der Waals surface area contributed by atoms with Crippen molar-refractivity contribution in [1.29, 1.82) is 0 Å². The predicted molar refractivity (Wildman–Crippen MR) is 162 cm³/mol. The van der Waals surface area contributed by atoms with E-state index in [1.165, 1.54) is 0 Å². The summed E-state index contributed by atoms with van der Waals surface area (Å²) in [5.74, 6) is 2.10. The van der Waals surface area contributed by atoms with Crippen LogP contribution >= 0.6 is 11.6 Å². The number of halogens is 1. The Morgan fingerprint density at radius 1 is 0.854 bits per heavy atom. The molecule has 0 spiro atoms. The number of nitrogens with one attached hydrogen (secondary N) is 1. The van der Waals surface area contributed by atoms with Crippen molar-refractivity contribution < 1.29 is 19.0 Å². The van der Waals surface area contributed by atoms with E-state index in [9.17, 15) is 4.79 Å². The van der Waals surface area contributed by atoms with Gasteiger partial charge in [0.1, 0.15) is 11.4 Å². The highest BCUT2D eigenvalue weighted by Gasteiger charge is 2.17. The summed E-state index contributed by atoms with van der Waals surface area (Å²) in [6, 6.07) is 25.4. The summed E-state index contributed by atoms with van der Waals surface area (Å²) >= 11 is 6.50. The summed E-state index contributed by atoms with van der Waals surface area (Å²) in [5.41, 5.74) is 6.51. The maximum absolute atomic E-state index is 12.9. The second kappa shape index (κ2) is 12.8. The number of rotatable bonds is 11. The number of pyridine rings is 1. The first-order valence-corrected chi connectivity index (χ1v) is 13.8. The van der Waals surface area contributed by atoms with Crippen LogP contribution in [0.3, 0.4) is 0 Å². The minimum Gasteiger partial charge on any atom is -0.497 e. The van der Waals surface area contributed by atoms with Crippen molar-refractivity contribution in [3.8, 4) is 39.6 Å². The number of benzene rings is 3. The van der Waals surface area contributed by atoms with Gasteiger partial charge in [-0.25, -0.2) is 4.98 Å². The van der Waals surface area contributed by atoms with E-state index in [0.717, 1.165) is 45.0 Å². The van der Waals surface area contributed by atoms with Crippen LogP contribution in [0.1, 0.15) is 17.7 Å². The van der Waals surface area contributed by atoms with Gasteiger partial charge in [-0.15, -0.1) is 0 Å². The lowest BCUT2D eigenvalue weighted by Crippen LogP contribution is -2.26. The lowest BCUT2D eigenvalue weighted by Gasteiger charge is -2.11. The molecule has 5 rings (SSSR count). The molecule has 0 fully saturated rings. The SMILES string of the molecule is COc1ccc(-c2nc3ccc(-c4ccccc4Cl)cn3c2CCC(=O)NCCc2ccc(OC)c(OC)c2)cc1. The first-order chi connectivity index (χ1) is 20.0. The smallest absolute Gasteiger partial charge is 0.220 e.